The fourth-order valence-electron chi connectivity index (χ4n) is 9.27. The van der Waals surface area contributed by atoms with Gasteiger partial charge >= 0.3 is 0 Å². The van der Waals surface area contributed by atoms with Gasteiger partial charge in [-0.15, -0.1) is 0 Å². The van der Waals surface area contributed by atoms with Crippen LogP contribution in [-0.4, -0.2) is 78.9 Å². The summed E-state index contributed by atoms with van der Waals surface area (Å²) in [6.07, 6.45) is 10.1. The van der Waals surface area contributed by atoms with E-state index < -0.39 is 44.0 Å². The molecular formula is C46H68N4O6Si. The maximum absolute atomic E-state index is 14.1. The Hall–Kier alpha value is -3.83. The molecule has 0 radical (unpaired) electrons. The van der Waals surface area contributed by atoms with Gasteiger partial charge in [0.15, 0.2) is 5.78 Å². The summed E-state index contributed by atoms with van der Waals surface area (Å²) >= 11 is 0. The molecule has 2 aliphatic heterocycles. The number of carbonyl (C=O) groups excluding carboxylic acids is 5. The van der Waals surface area contributed by atoms with Crippen molar-refractivity contribution < 1.29 is 28.4 Å². The number of nitrogens with one attached hydrogen (secondary N) is 3. The van der Waals surface area contributed by atoms with Crippen molar-refractivity contribution in [2.75, 3.05) is 6.54 Å². The van der Waals surface area contributed by atoms with E-state index in [2.05, 4.69) is 61.0 Å². The number of benzene rings is 2. The lowest BCUT2D eigenvalue weighted by Gasteiger charge is -2.44. The van der Waals surface area contributed by atoms with Crippen LogP contribution < -0.4 is 26.3 Å². The molecule has 5 rings (SSSR count). The van der Waals surface area contributed by atoms with Gasteiger partial charge < -0.3 is 25.3 Å². The van der Waals surface area contributed by atoms with Gasteiger partial charge in [-0.3, -0.25) is 24.0 Å². The highest BCUT2D eigenvalue weighted by Crippen LogP contribution is 2.38. The summed E-state index contributed by atoms with van der Waals surface area (Å²) in [7, 11) is -2.92. The van der Waals surface area contributed by atoms with Crippen LogP contribution in [0.3, 0.4) is 0 Å². The predicted molar refractivity (Wildman–Crippen MR) is 228 cm³/mol. The number of amides is 4. The molecule has 3 N–H and O–H groups in total. The second-order valence-electron chi connectivity index (χ2n) is 17.9. The summed E-state index contributed by atoms with van der Waals surface area (Å²) in [6, 6.07) is 18.4. The number of unbranched alkanes of at least 4 members (excludes halogenated alkanes) is 2. The Balaban J connectivity index is 1.25. The SMILES string of the molecule is CC[C@@H](O[Si](c1ccccc1)(c1ccccc1)C(C)(C)C)C(=O)CCCCC[C@@H]1NC(=O)[C@H]2CCCN2C(=O)[C@H](CC2CCCCC2)NC(=O)[C@](C)(CC)NC1=O. The van der Waals surface area contributed by atoms with Gasteiger partial charge in [0.1, 0.15) is 29.8 Å². The first-order chi connectivity index (χ1) is 27.2. The van der Waals surface area contributed by atoms with Gasteiger partial charge in [-0.1, -0.05) is 140 Å². The van der Waals surface area contributed by atoms with Crippen LogP contribution in [0.5, 0.6) is 0 Å². The van der Waals surface area contributed by atoms with Crippen molar-refractivity contribution in [1.82, 2.24) is 20.9 Å². The molecule has 0 unspecified atom stereocenters. The van der Waals surface area contributed by atoms with E-state index >= 15 is 0 Å². The van der Waals surface area contributed by atoms with Crippen molar-refractivity contribution in [3.8, 4) is 0 Å². The molecule has 57 heavy (non-hydrogen) atoms. The van der Waals surface area contributed by atoms with Crippen molar-refractivity contribution in [3.63, 3.8) is 0 Å². The average Bonchev–Trinajstić information content (AvgIpc) is 3.71. The fourth-order valence-corrected chi connectivity index (χ4v) is 14.0. The monoisotopic (exact) mass is 800 g/mol. The van der Waals surface area contributed by atoms with Gasteiger partial charge in [0.25, 0.3) is 8.32 Å². The Kier molecular flexibility index (Phi) is 15.3. The zero-order valence-corrected chi connectivity index (χ0v) is 36.4. The van der Waals surface area contributed by atoms with E-state index in [4.69, 9.17) is 4.43 Å². The van der Waals surface area contributed by atoms with Crippen molar-refractivity contribution in [3.05, 3.63) is 60.7 Å². The molecular weight excluding hydrogens is 733 g/mol. The van der Waals surface area contributed by atoms with E-state index in [1.807, 2.05) is 50.2 Å². The smallest absolute Gasteiger partial charge is 0.262 e. The number of carbonyl (C=O) groups is 5. The number of hydrogen-bond donors (Lipinski definition) is 3. The van der Waals surface area contributed by atoms with Crippen LogP contribution in [0, 0.1) is 5.92 Å². The molecule has 2 saturated heterocycles. The van der Waals surface area contributed by atoms with Crippen molar-refractivity contribution in [2.45, 2.75) is 173 Å². The molecule has 2 aromatic carbocycles. The molecule has 0 bridgehead atoms. The van der Waals surface area contributed by atoms with Gasteiger partial charge in [-0.25, -0.2) is 0 Å². The number of fused-ring (bicyclic) bond motifs is 1. The molecule has 5 atom stereocenters. The summed E-state index contributed by atoms with van der Waals surface area (Å²) in [5.41, 5.74) is -1.26. The number of rotatable bonds is 15. The third-order valence-electron chi connectivity index (χ3n) is 12.9. The highest BCUT2D eigenvalue weighted by molar-refractivity contribution is 6.99. The van der Waals surface area contributed by atoms with E-state index in [0.29, 0.717) is 76.7 Å². The summed E-state index contributed by atoms with van der Waals surface area (Å²) < 4.78 is 7.18. The molecule has 4 amide bonds. The summed E-state index contributed by atoms with van der Waals surface area (Å²) in [4.78, 5) is 71.4. The summed E-state index contributed by atoms with van der Waals surface area (Å²) in [5.74, 6) is -0.922. The van der Waals surface area contributed by atoms with Crippen LogP contribution in [0.25, 0.3) is 0 Å². The minimum Gasteiger partial charge on any atom is -0.397 e. The first-order valence-electron chi connectivity index (χ1n) is 21.8. The lowest BCUT2D eigenvalue weighted by Crippen LogP contribution is -2.68. The standard InChI is InChI=1S/C46H68N4O6Si/c1-7-40(56-57(45(3,4)5,34-24-15-10-16-25-34)35-26-17-11-18-27-35)39(51)30-20-12-19-28-36-41(52)49-46(6,8-2)44(55)48-37(32-33-22-13-9-14-23-33)43(54)50-31-21-29-38(50)42(53)47-36/h10-11,15-18,24-27,33,36-38,40H,7-9,12-14,19-23,28-32H2,1-6H3,(H,47,53)(H,48,55)(H,49,52)/t36-,37-,38+,40+,46-/m0/s1. The molecule has 3 fully saturated rings. The number of ketones is 1. The third kappa shape index (κ3) is 10.4. The Bertz CT molecular complexity index is 1640. The van der Waals surface area contributed by atoms with Gasteiger partial charge in [0.2, 0.25) is 23.6 Å². The quantitative estimate of drug-likeness (QED) is 0.148. The molecule has 3 aliphatic rings. The molecule has 2 heterocycles. The van der Waals surface area contributed by atoms with Crippen LogP contribution in [0.15, 0.2) is 60.7 Å². The second kappa shape index (κ2) is 19.7. The van der Waals surface area contributed by atoms with Crippen LogP contribution in [0.1, 0.15) is 138 Å². The van der Waals surface area contributed by atoms with Crippen LogP contribution in [0.4, 0.5) is 0 Å². The van der Waals surface area contributed by atoms with Crippen LogP contribution in [-0.2, 0) is 28.4 Å². The minimum absolute atomic E-state index is 0.0695. The molecule has 0 spiro atoms. The number of Topliss-reactive ketones (excluding diaryl/α,β-unsaturated/α-hetero) is 1. The maximum atomic E-state index is 14.1. The van der Waals surface area contributed by atoms with Crippen LogP contribution in [0.2, 0.25) is 5.04 Å². The predicted octanol–water partition coefficient (Wildman–Crippen LogP) is 6.09. The van der Waals surface area contributed by atoms with Crippen molar-refractivity contribution in [1.29, 1.82) is 0 Å². The van der Waals surface area contributed by atoms with Gasteiger partial charge in [0, 0.05) is 13.0 Å². The summed E-state index contributed by atoms with van der Waals surface area (Å²) in [6.45, 7) is 12.6. The Morgan fingerprint density at radius 1 is 0.825 bits per heavy atom. The summed E-state index contributed by atoms with van der Waals surface area (Å²) in [5, 5.41) is 11.0. The second-order valence-corrected chi connectivity index (χ2v) is 22.2. The number of hydrogen-bond acceptors (Lipinski definition) is 6. The van der Waals surface area contributed by atoms with E-state index in [1.165, 1.54) is 6.42 Å². The average molecular weight is 801 g/mol. The minimum atomic E-state index is -2.92. The fraction of sp³-hybridized carbons (Fsp3) is 0.630. The molecule has 11 heteroatoms. The molecule has 10 nitrogen and oxygen atoms in total. The molecule has 0 aromatic heterocycles. The van der Waals surface area contributed by atoms with E-state index in [1.54, 1.807) is 11.8 Å². The van der Waals surface area contributed by atoms with Crippen molar-refractivity contribution in [2.24, 2.45) is 5.92 Å². The zero-order chi connectivity index (χ0) is 41.2. The molecule has 312 valence electrons. The zero-order valence-electron chi connectivity index (χ0n) is 35.4. The number of nitrogens with zero attached hydrogens (tertiary/aromatic N) is 1. The lowest BCUT2D eigenvalue weighted by molar-refractivity contribution is -0.145. The van der Waals surface area contributed by atoms with Gasteiger partial charge in [0.05, 0.1) is 0 Å². The normalized spacial score (nSPS) is 24.7. The Morgan fingerprint density at radius 2 is 1.46 bits per heavy atom. The molecule has 1 aliphatic carbocycles. The first kappa shape index (κ1) is 44.3. The largest absolute Gasteiger partial charge is 0.397 e. The van der Waals surface area contributed by atoms with E-state index in [-0.39, 0.29) is 28.5 Å². The van der Waals surface area contributed by atoms with E-state index in [9.17, 15) is 24.0 Å². The third-order valence-corrected chi connectivity index (χ3v) is 17.9. The van der Waals surface area contributed by atoms with Gasteiger partial charge in [-0.2, -0.15) is 0 Å². The Labute approximate surface area is 342 Å². The highest BCUT2D eigenvalue weighted by Gasteiger charge is 2.52. The lowest BCUT2D eigenvalue weighted by atomic mass is 9.84. The highest BCUT2D eigenvalue weighted by atomic mass is 28.4. The maximum Gasteiger partial charge on any atom is 0.262 e. The van der Waals surface area contributed by atoms with Gasteiger partial charge in [-0.05, 0) is 73.2 Å². The van der Waals surface area contributed by atoms with E-state index in [0.717, 1.165) is 36.1 Å². The molecule has 1 saturated carbocycles. The Morgan fingerprint density at radius 3 is 2.04 bits per heavy atom. The van der Waals surface area contributed by atoms with Crippen LogP contribution >= 0.6 is 0 Å². The van der Waals surface area contributed by atoms with Crippen molar-refractivity contribution >= 4 is 48.1 Å². The topological polar surface area (TPSA) is 134 Å². The molecule has 2 aromatic rings. The first-order valence-corrected chi connectivity index (χ1v) is 23.7.